The van der Waals surface area contributed by atoms with E-state index in [2.05, 4.69) is 0 Å². The molecule has 0 aliphatic carbocycles. The van der Waals surface area contributed by atoms with E-state index < -0.39 is 4.92 Å². The van der Waals surface area contributed by atoms with Crippen LogP contribution in [0.5, 0.6) is 0 Å². The predicted molar refractivity (Wildman–Crippen MR) is 73.0 cm³/mol. The molecule has 0 bridgehead atoms. The van der Waals surface area contributed by atoms with Gasteiger partial charge >= 0.3 is 0 Å². The summed E-state index contributed by atoms with van der Waals surface area (Å²) in [6.07, 6.45) is 1.27. The van der Waals surface area contributed by atoms with Crippen molar-refractivity contribution in [3.8, 4) is 0 Å². The first-order valence-electron chi connectivity index (χ1n) is 5.37. The Morgan fingerprint density at radius 1 is 1.00 bits per heavy atom. The Balaban J connectivity index is 2.32. The molecule has 0 unspecified atom stereocenters. The van der Waals surface area contributed by atoms with Gasteiger partial charge in [-0.3, -0.25) is 10.1 Å². The zero-order chi connectivity index (χ0) is 13.8. The molecule has 0 aliphatic heterocycles. The Bertz CT molecular complexity index is 639. The summed E-state index contributed by atoms with van der Waals surface area (Å²) in [7, 11) is 0. The van der Waals surface area contributed by atoms with Gasteiger partial charge in [-0.25, -0.2) is 0 Å². The molecule has 0 heterocycles. The number of nitrogens with zero attached hydrogens (tertiary/aromatic N) is 2. The molecule has 0 spiro atoms. The first-order chi connectivity index (χ1) is 9.06. The minimum atomic E-state index is -0.505. The van der Waals surface area contributed by atoms with Crippen LogP contribution in [0.25, 0.3) is 0 Å². The van der Waals surface area contributed by atoms with Gasteiger partial charge in [0.1, 0.15) is 0 Å². The fourth-order valence-corrected chi connectivity index (χ4v) is 1.64. The molecule has 0 saturated carbocycles. The van der Waals surface area contributed by atoms with Crippen molar-refractivity contribution < 1.29 is 9.66 Å². The number of non-ortho nitro benzene ring substituents is 1. The number of rotatable bonds is 3. The minimum Gasteiger partial charge on any atom is -0.618 e. The highest BCUT2D eigenvalue weighted by Crippen LogP contribution is 2.16. The van der Waals surface area contributed by atoms with Crippen molar-refractivity contribution in [1.82, 2.24) is 0 Å². The van der Waals surface area contributed by atoms with Crippen molar-refractivity contribution in [3.05, 3.63) is 74.4 Å². The first-order valence-corrected chi connectivity index (χ1v) is 5.75. The number of hydrogen-bond acceptors (Lipinski definition) is 3. The van der Waals surface area contributed by atoms with Gasteiger partial charge in [0.25, 0.3) is 5.69 Å². The van der Waals surface area contributed by atoms with Crippen molar-refractivity contribution >= 4 is 29.2 Å². The fraction of sp³-hybridized carbons (Fsp3) is 0. The Morgan fingerprint density at radius 2 is 1.68 bits per heavy atom. The number of halogens is 1. The molecular formula is C13H9ClN2O3. The molecule has 0 saturated heterocycles. The maximum Gasteiger partial charge on any atom is 0.270 e. The van der Waals surface area contributed by atoms with E-state index in [0.717, 1.165) is 0 Å². The van der Waals surface area contributed by atoms with Crippen molar-refractivity contribution in [1.29, 1.82) is 0 Å². The van der Waals surface area contributed by atoms with Crippen molar-refractivity contribution in [3.63, 3.8) is 0 Å². The van der Waals surface area contributed by atoms with Crippen molar-refractivity contribution in [2.45, 2.75) is 0 Å². The van der Waals surface area contributed by atoms with E-state index in [1.807, 2.05) is 0 Å². The molecule has 2 aromatic rings. The lowest BCUT2D eigenvalue weighted by atomic mass is 10.2. The maximum atomic E-state index is 11.9. The van der Waals surface area contributed by atoms with Gasteiger partial charge in [-0.2, -0.15) is 4.74 Å². The van der Waals surface area contributed by atoms with Crippen molar-refractivity contribution in [2.75, 3.05) is 0 Å². The van der Waals surface area contributed by atoms with Crippen LogP contribution in [-0.4, -0.2) is 15.9 Å². The van der Waals surface area contributed by atoms with E-state index in [9.17, 15) is 15.3 Å². The monoisotopic (exact) mass is 276 g/mol. The molecule has 6 heteroatoms. The molecule has 19 heavy (non-hydrogen) atoms. The van der Waals surface area contributed by atoms with E-state index in [-0.39, 0.29) is 5.69 Å². The van der Waals surface area contributed by atoms with Gasteiger partial charge in [0.15, 0.2) is 6.21 Å². The lowest BCUT2D eigenvalue weighted by Gasteiger charge is -2.02. The predicted octanol–water partition coefficient (Wildman–Crippen LogP) is 3.51. The van der Waals surface area contributed by atoms with Crippen LogP contribution in [-0.2, 0) is 0 Å². The summed E-state index contributed by atoms with van der Waals surface area (Å²) in [5.41, 5.74) is 0.799. The van der Waals surface area contributed by atoms with Crippen LogP contribution in [0.2, 0.25) is 5.02 Å². The average Bonchev–Trinajstić information content (AvgIpc) is 2.39. The summed E-state index contributed by atoms with van der Waals surface area (Å²) in [5, 5.41) is 23.0. The highest BCUT2D eigenvalue weighted by Gasteiger charge is 2.07. The van der Waals surface area contributed by atoms with Gasteiger partial charge in [-0.1, -0.05) is 17.7 Å². The first kappa shape index (κ1) is 13.0. The molecule has 0 aromatic heterocycles. The molecular weight excluding hydrogens is 268 g/mol. The topological polar surface area (TPSA) is 69.2 Å². The Hall–Kier alpha value is -2.40. The van der Waals surface area contributed by atoms with Gasteiger partial charge in [0, 0.05) is 34.9 Å². The van der Waals surface area contributed by atoms with E-state index in [0.29, 0.717) is 21.0 Å². The second-order valence-corrected chi connectivity index (χ2v) is 4.22. The molecule has 96 valence electrons. The summed E-state index contributed by atoms with van der Waals surface area (Å²) >= 11 is 5.73. The smallest absolute Gasteiger partial charge is 0.270 e. The zero-order valence-corrected chi connectivity index (χ0v) is 10.4. The summed E-state index contributed by atoms with van der Waals surface area (Å²) in [6, 6.07) is 12.2. The normalized spacial score (nSPS) is 11.3. The number of benzene rings is 2. The second kappa shape index (κ2) is 5.49. The molecule has 0 fully saturated rings. The molecule has 2 aromatic carbocycles. The Morgan fingerprint density at radius 3 is 2.32 bits per heavy atom. The molecule has 2 rings (SSSR count). The second-order valence-electron chi connectivity index (χ2n) is 3.78. The van der Waals surface area contributed by atoms with E-state index in [1.54, 1.807) is 30.3 Å². The summed E-state index contributed by atoms with van der Waals surface area (Å²) < 4.78 is 0.634. The minimum absolute atomic E-state index is 0.0572. The largest absolute Gasteiger partial charge is 0.618 e. The quantitative estimate of drug-likeness (QED) is 0.283. The fourth-order valence-electron chi connectivity index (χ4n) is 1.52. The number of nitro benzene ring substituents is 1. The van der Waals surface area contributed by atoms with E-state index >= 15 is 0 Å². The highest BCUT2D eigenvalue weighted by molar-refractivity contribution is 6.30. The zero-order valence-electron chi connectivity index (χ0n) is 9.69. The molecule has 0 radical (unpaired) electrons. The van der Waals surface area contributed by atoms with Crippen LogP contribution >= 0.6 is 11.6 Å². The molecule has 0 aliphatic rings. The third kappa shape index (κ3) is 3.29. The molecule has 0 N–H and O–H groups in total. The molecule has 5 nitrogen and oxygen atoms in total. The number of hydrogen-bond donors (Lipinski definition) is 0. The van der Waals surface area contributed by atoms with Crippen LogP contribution in [0.4, 0.5) is 11.4 Å². The van der Waals surface area contributed by atoms with Gasteiger partial charge < -0.3 is 5.21 Å². The van der Waals surface area contributed by atoms with Gasteiger partial charge in [-0.05, 0) is 18.2 Å². The van der Waals surface area contributed by atoms with E-state index in [4.69, 9.17) is 11.6 Å². The van der Waals surface area contributed by atoms with Crippen LogP contribution in [0, 0.1) is 15.3 Å². The Kier molecular flexibility index (Phi) is 3.77. The standard InChI is InChI=1S/C13H9ClN2O3/c14-11-4-6-12(7-5-11)15(17)9-10-2-1-3-13(8-10)16(18)19/h1-9H/b15-9-. The third-order valence-corrected chi connectivity index (χ3v) is 2.68. The third-order valence-electron chi connectivity index (χ3n) is 2.43. The number of nitro groups is 1. The van der Waals surface area contributed by atoms with Gasteiger partial charge in [-0.15, -0.1) is 0 Å². The molecule has 0 amide bonds. The van der Waals surface area contributed by atoms with Crippen LogP contribution in [0.1, 0.15) is 5.56 Å². The van der Waals surface area contributed by atoms with E-state index in [1.165, 1.54) is 24.4 Å². The maximum absolute atomic E-state index is 11.9. The van der Waals surface area contributed by atoms with Gasteiger partial charge in [0.05, 0.1) is 4.92 Å². The van der Waals surface area contributed by atoms with Crippen LogP contribution < -0.4 is 0 Å². The van der Waals surface area contributed by atoms with Crippen molar-refractivity contribution in [2.24, 2.45) is 0 Å². The SMILES string of the molecule is O=[N+]([O-])c1cccc(/C=[N+](\[O-])c2ccc(Cl)cc2)c1. The lowest BCUT2D eigenvalue weighted by molar-refractivity contribution is -0.385. The van der Waals surface area contributed by atoms with Crippen LogP contribution in [0.15, 0.2) is 48.5 Å². The summed E-state index contributed by atoms with van der Waals surface area (Å²) in [5.74, 6) is 0. The van der Waals surface area contributed by atoms with Gasteiger partial charge in [0.2, 0.25) is 5.69 Å². The Labute approximate surface area is 114 Å². The highest BCUT2D eigenvalue weighted by atomic mass is 35.5. The lowest BCUT2D eigenvalue weighted by Crippen LogP contribution is -1.99. The summed E-state index contributed by atoms with van der Waals surface area (Å²) in [6.45, 7) is 0. The van der Waals surface area contributed by atoms with Crippen LogP contribution in [0.3, 0.4) is 0 Å². The average molecular weight is 277 g/mol. The molecule has 0 atom stereocenters. The summed E-state index contributed by atoms with van der Waals surface area (Å²) in [4.78, 5) is 10.1.